The molecule has 1 aromatic carbocycles. The number of H-pyrrole nitrogens is 1. The Bertz CT molecular complexity index is 1480. The van der Waals surface area contributed by atoms with E-state index in [-0.39, 0.29) is 29.2 Å². The molecule has 0 radical (unpaired) electrons. The first-order chi connectivity index (χ1) is 16.9. The Kier molecular flexibility index (Phi) is 7.20. The van der Waals surface area contributed by atoms with E-state index in [4.69, 9.17) is 11.6 Å². The third kappa shape index (κ3) is 4.93. The number of rotatable bonds is 9. The molecule has 2 N–H and O–H groups in total. The number of hydrogen-bond acceptors (Lipinski definition) is 5. The lowest BCUT2D eigenvalue weighted by Crippen LogP contribution is -2.40. The summed E-state index contributed by atoms with van der Waals surface area (Å²) < 4.78 is 4.34. The van der Waals surface area contributed by atoms with Gasteiger partial charge < -0.3 is 10.3 Å². The predicted octanol–water partition coefficient (Wildman–Crippen LogP) is 3.42. The summed E-state index contributed by atoms with van der Waals surface area (Å²) in [5.74, 6) is 0.199. The van der Waals surface area contributed by atoms with Crippen molar-refractivity contribution in [1.82, 2.24) is 28.9 Å². The van der Waals surface area contributed by atoms with Gasteiger partial charge in [0.25, 0.3) is 5.56 Å². The first-order valence-electron chi connectivity index (χ1n) is 11.7. The number of nitrogens with zero attached hydrogens (tertiary/aromatic N) is 5. The zero-order valence-electron chi connectivity index (χ0n) is 20.0. The van der Waals surface area contributed by atoms with Crippen LogP contribution in [0.3, 0.4) is 0 Å². The second kappa shape index (κ2) is 10.3. The van der Waals surface area contributed by atoms with Crippen LogP contribution >= 0.6 is 11.6 Å². The van der Waals surface area contributed by atoms with E-state index in [9.17, 15) is 14.4 Å². The van der Waals surface area contributed by atoms with Crippen LogP contribution in [0.1, 0.15) is 39.3 Å². The monoisotopic (exact) mass is 497 g/mol. The van der Waals surface area contributed by atoms with Gasteiger partial charge in [-0.05, 0) is 43.5 Å². The van der Waals surface area contributed by atoms with E-state index < -0.39 is 0 Å². The highest BCUT2D eigenvalue weighted by Crippen LogP contribution is 2.23. The summed E-state index contributed by atoms with van der Waals surface area (Å²) in [5, 5.41) is 7.94. The highest BCUT2D eigenvalue weighted by atomic mass is 35.5. The lowest BCUT2D eigenvalue weighted by molar-refractivity contribution is -0.116. The predicted molar refractivity (Wildman–Crippen MR) is 136 cm³/mol. The molecule has 4 aromatic rings. The van der Waals surface area contributed by atoms with Gasteiger partial charge in [-0.1, -0.05) is 32.4 Å². The van der Waals surface area contributed by atoms with Crippen LogP contribution in [-0.4, -0.2) is 34.8 Å². The van der Waals surface area contributed by atoms with Crippen molar-refractivity contribution < 1.29 is 4.79 Å². The van der Waals surface area contributed by atoms with Crippen molar-refractivity contribution in [2.75, 3.05) is 5.32 Å². The molecule has 4 rings (SSSR count). The molecule has 0 unspecified atom stereocenters. The second-order valence-electron chi connectivity index (χ2n) is 8.27. The summed E-state index contributed by atoms with van der Waals surface area (Å²) in [6.45, 7) is 6.63. The van der Waals surface area contributed by atoms with E-state index in [2.05, 4.69) is 20.4 Å². The van der Waals surface area contributed by atoms with Crippen LogP contribution < -0.4 is 16.6 Å². The van der Waals surface area contributed by atoms with Crippen molar-refractivity contribution >= 4 is 34.4 Å². The van der Waals surface area contributed by atoms with Gasteiger partial charge in [0.1, 0.15) is 17.9 Å². The van der Waals surface area contributed by atoms with E-state index in [1.54, 1.807) is 39.7 Å². The summed E-state index contributed by atoms with van der Waals surface area (Å²) in [5.41, 5.74) is 1.93. The molecular weight excluding hydrogens is 470 g/mol. The highest BCUT2D eigenvalue weighted by molar-refractivity contribution is 6.30. The first-order valence-corrected chi connectivity index (χ1v) is 12.1. The first kappa shape index (κ1) is 24.5. The molecule has 35 heavy (non-hydrogen) atoms. The molecule has 10 nitrogen and oxygen atoms in total. The zero-order valence-corrected chi connectivity index (χ0v) is 20.7. The molecule has 0 atom stereocenters. The summed E-state index contributed by atoms with van der Waals surface area (Å²) in [4.78, 5) is 46.3. The highest BCUT2D eigenvalue weighted by Gasteiger charge is 2.20. The third-order valence-electron chi connectivity index (χ3n) is 5.62. The SMILES string of the molecule is CCCn1c(=O)c2[nH]c(-c3cn(CC(=O)Nc4ccc(Cl)cc4)nc3CC)nc2n(CCC)c1=O. The van der Waals surface area contributed by atoms with Gasteiger partial charge in [0, 0.05) is 30.0 Å². The van der Waals surface area contributed by atoms with Gasteiger partial charge in [0.15, 0.2) is 5.65 Å². The summed E-state index contributed by atoms with van der Waals surface area (Å²) in [6.07, 6.45) is 3.71. The standard InChI is InChI=1S/C24H28ClN7O3/c1-4-11-31-22-20(23(34)32(12-5-2)24(31)35)27-21(28-22)17-13-30(29-18(17)6-3)14-19(33)26-16-9-7-15(25)8-10-16/h7-10,13H,4-6,11-12,14H2,1-3H3,(H,26,33)(H,27,28). The molecule has 0 aliphatic carbocycles. The van der Waals surface area contributed by atoms with Gasteiger partial charge in [0.2, 0.25) is 5.91 Å². The van der Waals surface area contributed by atoms with E-state index in [0.29, 0.717) is 53.7 Å². The topological polar surface area (TPSA) is 120 Å². The fraction of sp³-hybridized carbons (Fsp3) is 0.375. The smallest absolute Gasteiger partial charge is 0.332 e. The molecule has 184 valence electrons. The number of aromatic amines is 1. The van der Waals surface area contributed by atoms with Crippen LogP contribution in [0.15, 0.2) is 40.1 Å². The molecule has 0 fully saturated rings. The molecule has 3 heterocycles. The minimum Gasteiger partial charge on any atom is -0.332 e. The van der Waals surface area contributed by atoms with Crippen molar-refractivity contribution in [3.8, 4) is 11.4 Å². The average Bonchev–Trinajstić information content (AvgIpc) is 3.45. The Morgan fingerprint density at radius 2 is 1.74 bits per heavy atom. The number of nitrogens with one attached hydrogen (secondary N) is 2. The van der Waals surface area contributed by atoms with E-state index in [1.165, 1.54) is 4.57 Å². The van der Waals surface area contributed by atoms with Crippen molar-refractivity contribution in [2.24, 2.45) is 0 Å². The van der Waals surface area contributed by atoms with Gasteiger partial charge in [-0.2, -0.15) is 5.10 Å². The Balaban J connectivity index is 1.70. The van der Waals surface area contributed by atoms with Crippen molar-refractivity contribution in [3.63, 3.8) is 0 Å². The van der Waals surface area contributed by atoms with Crippen molar-refractivity contribution in [1.29, 1.82) is 0 Å². The number of benzene rings is 1. The molecule has 0 spiro atoms. The molecule has 0 saturated carbocycles. The van der Waals surface area contributed by atoms with E-state index in [1.807, 2.05) is 20.8 Å². The number of carbonyl (C=O) groups is 1. The minimum atomic E-state index is -0.384. The molecule has 1 amide bonds. The Morgan fingerprint density at radius 3 is 2.40 bits per heavy atom. The Labute approximate surface area is 206 Å². The van der Waals surface area contributed by atoms with Gasteiger partial charge in [-0.3, -0.25) is 23.4 Å². The quantitative estimate of drug-likeness (QED) is 0.367. The number of imidazole rings is 1. The van der Waals surface area contributed by atoms with E-state index in [0.717, 1.165) is 12.1 Å². The van der Waals surface area contributed by atoms with Gasteiger partial charge in [0.05, 0.1) is 11.3 Å². The molecule has 0 bridgehead atoms. The zero-order chi connectivity index (χ0) is 25.1. The van der Waals surface area contributed by atoms with Crippen LogP contribution in [0.5, 0.6) is 0 Å². The van der Waals surface area contributed by atoms with Gasteiger partial charge in [-0.15, -0.1) is 0 Å². The lowest BCUT2D eigenvalue weighted by atomic mass is 10.2. The van der Waals surface area contributed by atoms with Gasteiger partial charge >= 0.3 is 5.69 Å². The van der Waals surface area contributed by atoms with Crippen molar-refractivity contribution in [3.05, 3.63) is 62.0 Å². The number of carbonyl (C=O) groups excluding carboxylic acids is 1. The third-order valence-corrected chi connectivity index (χ3v) is 5.87. The minimum absolute atomic E-state index is 0.000294. The normalized spacial score (nSPS) is 11.3. The Morgan fingerprint density at radius 1 is 1.06 bits per heavy atom. The average molecular weight is 498 g/mol. The van der Waals surface area contributed by atoms with Crippen LogP contribution in [0.4, 0.5) is 5.69 Å². The maximum atomic E-state index is 13.0. The number of halogens is 1. The van der Waals surface area contributed by atoms with Crippen LogP contribution in [-0.2, 0) is 30.8 Å². The number of aryl methyl sites for hydroxylation is 2. The molecule has 11 heteroatoms. The van der Waals surface area contributed by atoms with E-state index >= 15 is 0 Å². The molecule has 0 saturated heterocycles. The fourth-order valence-corrected chi connectivity index (χ4v) is 4.15. The summed E-state index contributed by atoms with van der Waals surface area (Å²) in [6, 6.07) is 6.85. The Hall–Kier alpha value is -3.66. The largest absolute Gasteiger partial charge is 0.332 e. The number of anilines is 1. The van der Waals surface area contributed by atoms with Crippen molar-refractivity contribution in [2.45, 2.75) is 59.7 Å². The van der Waals surface area contributed by atoms with Gasteiger partial charge in [-0.25, -0.2) is 9.78 Å². The van der Waals surface area contributed by atoms with Crippen LogP contribution in [0, 0.1) is 0 Å². The number of fused-ring (bicyclic) bond motifs is 1. The lowest BCUT2D eigenvalue weighted by Gasteiger charge is -2.09. The van der Waals surface area contributed by atoms with Crippen LogP contribution in [0.25, 0.3) is 22.6 Å². The number of amides is 1. The molecule has 3 aromatic heterocycles. The van der Waals surface area contributed by atoms with Crippen LogP contribution in [0.2, 0.25) is 5.02 Å². The maximum absolute atomic E-state index is 13.0. The summed E-state index contributed by atoms with van der Waals surface area (Å²) in [7, 11) is 0. The number of aromatic nitrogens is 6. The molecule has 0 aliphatic rings. The second-order valence-corrected chi connectivity index (χ2v) is 8.71. The molecule has 0 aliphatic heterocycles. The summed E-state index contributed by atoms with van der Waals surface area (Å²) >= 11 is 5.90. The number of hydrogen-bond donors (Lipinski definition) is 2. The maximum Gasteiger partial charge on any atom is 0.332 e. The molecular formula is C24H28ClN7O3. The fourth-order valence-electron chi connectivity index (χ4n) is 4.02.